The fourth-order valence-electron chi connectivity index (χ4n) is 2.30. The van der Waals surface area contributed by atoms with Gasteiger partial charge in [0.25, 0.3) is 0 Å². The quantitative estimate of drug-likeness (QED) is 0.489. The second-order valence-electron chi connectivity index (χ2n) is 5.13. The van der Waals surface area contributed by atoms with E-state index < -0.39 is 0 Å². The average Bonchev–Trinajstić information content (AvgIpc) is 2.62. The van der Waals surface area contributed by atoms with Gasteiger partial charge < -0.3 is 10.1 Å². The van der Waals surface area contributed by atoms with E-state index in [9.17, 15) is 4.79 Å². The largest absolute Gasteiger partial charge is 0.495 e. The van der Waals surface area contributed by atoms with Gasteiger partial charge in [0.05, 0.1) is 28.5 Å². The van der Waals surface area contributed by atoms with E-state index in [0.29, 0.717) is 17.2 Å². The number of fused-ring (bicyclic) bond motifs is 1. The van der Waals surface area contributed by atoms with Crippen molar-refractivity contribution in [2.24, 2.45) is 0 Å². The number of hydrogen-bond donors (Lipinski definition) is 1. The van der Waals surface area contributed by atoms with Crippen LogP contribution in [0.25, 0.3) is 10.9 Å². The van der Waals surface area contributed by atoms with E-state index in [-0.39, 0.29) is 5.91 Å². The first-order chi connectivity index (χ1) is 12.1. The highest BCUT2D eigenvalue weighted by Gasteiger charge is 2.11. The Morgan fingerprint density at radius 1 is 1.20 bits per heavy atom. The summed E-state index contributed by atoms with van der Waals surface area (Å²) in [5.74, 6) is 0.855. The van der Waals surface area contributed by atoms with Crippen LogP contribution >= 0.6 is 43.6 Å². The number of methoxy groups -OCH3 is 1. The standard InChI is InChI=1S/C18H14Br2N2O2S/c1-24-15-9-14(12(19)8-13(15)20)22-17(23)10-25-16-6-2-4-11-5-3-7-21-18(11)16/h2-9H,10H2,1H3,(H,22,23). The van der Waals surface area contributed by atoms with Crippen molar-refractivity contribution in [2.45, 2.75) is 4.90 Å². The maximum absolute atomic E-state index is 12.3. The first-order valence-corrected chi connectivity index (χ1v) is 9.95. The average molecular weight is 482 g/mol. The second-order valence-corrected chi connectivity index (χ2v) is 7.86. The van der Waals surface area contributed by atoms with Crippen LogP contribution in [-0.4, -0.2) is 23.8 Å². The summed E-state index contributed by atoms with van der Waals surface area (Å²) in [6.45, 7) is 0. The summed E-state index contributed by atoms with van der Waals surface area (Å²) in [6, 6.07) is 13.5. The number of benzene rings is 2. The van der Waals surface area contributed by atoms with Crippen molar-refractivity contribution in [1.82, 2.24) is 4.98 Å². The lowest BCUT2D eigenvalue weighted by Gasteiger charge is -2.11. The van der Waals surface area contributed by atoms with E-state index in [1.165, 1.54) is 11.8 Å². The van der Waals surface area contributed by atoms with Gasteiger partial charge in [0, 0.05) is 27.0 Å². The molecule has 128 valence electrons. The molecule has 1 aromatic heterocycles. The van der Waals surface area contributed by atoms with Crippen molar-refractivity contribution < 1.29 is 9.53 Å². The first kappa shape index (κ1) is 18.2. The van der Waals surface area contributed by atoms with Crippen LogP contribution < -0.4 is 10.1 Å². The molecule has 0 aliphatic carbocycles. The Bertz CT molecular complexity index is 929. The molecule has 3 aromatic rings. The number of para-hydroxylation sites is 1. The molecule has 1 amide bonds. The minimum Gasteiger partial charge on any atom is -0.495 e. The number of anilines is 1. The fourth-order valence-corrected chi connectivity index (χ4v) is 4.40. The summed E-state index contributed by atoms with van der Waals surface area (Å²) in [5.41, 5.74) is 1.58. The number of nitrogens with zero attached hydrogens (tertiary/aromatic N) is 1. The van der Waals surface area contributed by atoms with Crippen molar-refractivity contribution in [1.29, 1.82) is 0 Å². The van der Waals surface area contributed by atoms with Crippen molar-refractivity contribution >= 4 is 66.1 Å². The lowest BCUT2D eigenvalue weighted by molar-refractivity contribution is -0.113. The predicted octanol–water partition coefficient (Wildman–Crippen LogP) is 5.50. The number of aromatic nitrogens is 1. The summed E-state index contributed by atoms with van der Waals surface area (Å²) in [4.78, 5) is 17.7. The van der Waals surface area contributed by atoms with Gasteiger partial charge in [0.2, 0.25) is 5.91 Å². The third kappa shape index (κ3) is 4.34. The van der Waals surface area contributed by atoms with Crippen molar-refractivity contribution in [3.05, 3.63) is 57.6 Å². The molecule has 0 unspecified atom stereocenters. The molecule has 0 saturated heterocycles. The van der Waals surface area contributed by atoms with Gasteiger partial charge in [-0.15, -0.1) is 11.8 Å². The van der Waals surface area contributed by atoms with E-state index >= 15 is 0 Å². The van der Waals surface area contributed by atoms with Crippen LogP contribution in [0, 0.1) is 0 Å². The predicted molar refractivity (Wildman–Crippen MR) is 109 cm³/mol. The van der Waals surface area contributed by atoms with Crippen LogP contribution in [0.1, 0.15) is 0 Å². The van der Waals surface area contributed by atoms with Gasteiger partial charge in [-0.2, -0.15) is 0 Å². The van der Waals surface area contributed by atoms with Gasteiger partial charge >= 0.3 is 0 Å². The summed E-state index contributed by atoms with van der Waals surface area (Å²) in [5, 5.41) is 3.97. The van der Waals surface area contributed by atoms with E-state index in [1.807, 2.05) is 36.4 Å². The number of nitrogens with one attached hydrogen (secondary N) is 1. The highest BCUT2D eigenvalue weighted by molar-refractivity contribution is 9.11. The van der Waals surface area contributed by atoms with Crippen LogP contribution in [0.4, 0.5) is 5.69 Å². The Hall–Kier alpha value is -1.57. The highest BCUT2D eigenvalue weighted by atomic mass is 79.9. The number of halogens is 2. The second kappa shape index (κ2) is 8.21. The normalized spacial score (nSPS) is 10.7. The SMILES string of the molecule is COc1cc(NC(=O)CSc2cccc3cccnc23)c(Br)cc1Br. The van der Waals surface area contributed by atoms with Gasteiger partial charge in [-0.05, 0) is 50.1 Å². The lowest BCUT2D eigenvalue weighted by Crippen LogP contribution is -2.14. The van der Waals surface area contributed by atoms with Crippen LogP contribution in [0.2, 0.25) is 0 Å². The zero-order valence-corrected chi connectivity index (χ0v) is 17.2. The van der Waals surface area contributed by atoms with Gasteiger partial charge in [-0.25, -0.2) is 0 Å². The smallest absolute Gasteiger partial charge is 0.234 e. The third-order valence-corrected chi connectivity index (χ3v) is 5.79. The molecule has 0 radical (unpaired) electrons. The Morgan fingerprint density at radius 3 is 2.80 bits per heavy atom. The molecule has 0 spiro atoms. The zero-order chi connectivity index (χ0) is 17.8. The van der Waals surface area contributed by atoms with Gasteiger partial charge in [0.1, 0.15) is 5.75 Å². The number of rotatable bonds is 5. The molecule has 7 heteroatoms. The Morgan fingerprint density at radius 2 is 2.00 bits per heavy atom. The van der Waals surface area contributed by atoms with Crippen LogP contribution in [0.15, 0.2) is 62.5 Å². The molecule has 3 rings (SSSR count). The molecular formula is C18H14Br2N2O2S. The Labute approximate surface area is 166 Å². The number of carbonyl (C=O) groups is 1. The summed E-state index contributed by atoms with van der Waals surface area (Å²) >= 11 is 8.33. The maximum atomic E-state index is 12.3. The molecule has 25 heavy (non-hydrogen) atoms. The minimum atomic E-state index is -0.0944. The lowest BCUT2D eigenvalue weighted by atomic mass is 10.2. The number of ether oxygens (including phenoxy) is 1. The molecular weight excluding hydrogens is 468 g/mol. The van der Waals surface area contributed by atoms with Crippen molar-refractivity contribution in [2.75, 3.05) is 18.2 Å². The molecule has 2 aromatic carbocycles. The monoisotopic (exact) mass is 480 g/mol. The molecule has 0 fully saturated rings. The summed E-state index contributed by atoms with van der Waals surface area (Å²) in [7, 11) is 1.59. The number of thioether (sulfide) groups is 1. The molecule has 0 saturated carbocycles. The molecule has 0 atom stereocenters. The topological polar surface area (TPSA) is 51.2 Å². The molecule has 0 aliphatic heterocycles. The van der Waals surface area contributed by atoms with Crippen LogP contribution in [-0.2, 0) is 4.79 Å². The van der Waals surface area contributed by atoms with Gasteiger partial charge in [-0.1, -0.05) is 18.2 Å². The number of hydrogen-bond acceptors (Lipinski definition) is 4. The van der Waals surface area contributed by atoms with E-state index in [4.69, 9.17) is 4.74 Å². The van der Waals surface area contributed by atoms with Crippen LogP contribution in [0.5, 0.6) is 5.75 Å². The highest BCUT2D eigenvalue weighted by Crippen LogP contribution is 2.35. The van der Waals surface area contributed by atoms with Gasteiger partial charge in [0.15, 0.2) is 0 Å². The number of amides is 1. The first-order valence-electron chi connectivity index (χ1n) is 7.38. The van der Waals surface area contributed by atoms with E-state index in [0.717, 1.165) is 24.7 Å². The fraction of sp³-hybridized carbons (Fsp3) is 0.111. The minimum absolute atomic E-state index is 0.0944. The van der Waals surface area contributed by atoms with Crippen molar-refractivity contribution in [3.8, 4) is 5.75 Å². The Balaban J connectivity index is 1.71. The summed E-state index contributed by atoms with van der Waals surface area (Å²) in [6.07, 6.45) is 1.76. The molecule has 0 aliphatic rings. The summed E-state index contributed by atoms with van der Waals surface area (Å²) < 4.78 is 6.87. The molecule has 1 N–H and O–H groups in total. The third-order valence-electron chi connectivity index (χ3n) is 3.47. The molecule has 4 nitrogen and oxygen atoms in total. The maximum Gasteiger partial charge on any atom is 0.234 e. The van der Waals surface area contributed by atoms with Crippen molar-refractivity contribution in [3.63, 3.8) is 0 Å². The zero-order valence-electron chi connectivity index (χ0n) is 13.3. The Kier molecular flexibility index (Phi) is 5.98. The van der Waals surface area contributed by atoms with E-state index in [2.05, 4.69) is 42.2 Å². The number of pyridine rings is 1. The van der Waals surface area contributed by atoms with E-state index in [1.54, 1.807) is 19.4 Å². The van der Waals surface area contributed by atoms with Crippen LogP contribution in [0.3, 0.4) is 0 Å². The number of carbonyl (C=O) groups excluding carboxylic acids is 1. The molecule has 0 bridgehead atoms. The molecule has 1 heterocycles. The van der Waals surface area contributed by atoms with Gasteiger partial charge in [-0.3, -0.25) is 9.78 Å².